The van der Waals surface area contributed by atoms with Gasteiger partial charge in [-0.25, -0.2) is 0 Å². The standard InChI is InChI=1S/C16H22N2/c1-11-6-4-8-15(13(11)3)18-16-9-5-7-12(2)14(16)10-17/h5,7,9,11,13,15,18H,4,6,8H2,1-3H3. The number of nitrogens with zero attached hydrogens (tertiary/aromatic N) is 1. The van der Waals surface area contributed by atoms with E-state index in [1.54, 1.807) is 0 Å². The van der Waals surface area contributed by atoms with Gasteiger partial charge < -0.3 is 5.32 Å². The first-order valence-electron chi connectivity index (χ1n) is 6.89. The van der Waals surface area contributed by atoms with Crippen molar-refractivity contribution < 1.29 is 0 Å². The zero-order valence-electron chi connectivity index (χ0n) is 11.5. The van der Waals surface area contributed by atoms with Crippen molar-refractivity contribution in [3.05, 3.63) is 29.3 Å². The van der Waals surface area contributed by atoms with E-state index < -0.39 is 0 Å². The SMILES string of the molecule is Cc1cccc(NC2CCCC(C)C2C)c1C#N. The summed E-state index contributed by atoms with van der Waals surface area (Å²) in [5, 5.41) is 12.9. The van der Waals surface area contributed by atoms with E-state index >= 15 is 0 Å². The maximum atomic E-state index is 9.26. The summed E-state index contributed by atoms with van der Waals surface area (Å²) >= 11 is 0. The van der Waals surface area contributed by atoms with Crippen molar-refractivity contribution >= 4 is 5.69 Å². The fourth-order valence-electron chi connectivity index (χ4n) is 2.92. The number of benzene rings is 1. The Morgan fingerprint density at radius 2 is 2.06 bits per heavy atom. The van der Waals surface area contributed by atoms with E-state index in [1.807, 2.05) is 25.1 Å². The Bertz CT molecular complexity index is 459. The molecule has 3 unspecified atom stereocenters. The maximum Gasteiger partial charge on any atom is 0.102 e. The summed E-state index contributed by atoms with van der Waals surface area (Å²) in [5.41, 5.74) is 2.85. The second-order valence-corrected chi connectivity index (χ2v) is 5.63. The maximum absolute atomic E-state index is 9.26. The Morgan fingerprint density at radius 1 is 1.28 bits per heavy atom. The van der Waals surface area contributed by atoms with E-state index in [-0.39, 0.29) is 0 Å². The summed E-state index contributed by atoms with van der Waals surface area (Å²) < 4.78 is 0. The highest BCUT2D eigenvalue weighted by Crippen LogP contribution is 2.32. The summed E-state index contributed by atoms with van der Waals surface area (Å²) in [6, 6.07) is 8.86. The van der Waals surface area contributed by atoms with E-state index in [4.69, 9.17) is 0 Å². The third-order valence-corrected chi connectivity index (χ3v) is 4.43. The molecule has 0 spiro atoms. The van der Waals surface area contributed by atoms with Crippen LogP contribution in [-0.2, 0) is 0 Å². The second kappa shape index (κ2) is 5.44. The molecule has 0 saturated heterocycles. The lowest BCUT2D eigenvalue weighted by molar-refractivity contribution is 0.253. The Labute approximate surface area is 110 Å². The molecule has 0 bridgehead atoms. The third-order valence-electron chi connectivity index (χ3n) is 4.43. The lowest BCUT2D eigenvalue weighted by atomic mass is 9.78. The number of rotatable bonds is 2. The van der Waals surface area contributed by atoms with Gasteiger partial charge in [-0.3, -0.25) is 0 Å². The van der Waals surface area contributed by atoms with Gasteiger partial charge in [0, 0.05) is 6.04 Å². The van der Waals surface area contributed by atoms with E-state index in [9.17, 15) is 5.26 Å². The Morgan fingerprint density at radius 3 is 2.78 bits per heavy atom. The number of nitriles is 1. The summed E-state index contributed by atoms with van der Waals surface area (Å²) in [5.74, 6) is 1.44. The molecule has 1 fully saturated rings. The molecule has 1 aliphatic carbocycles. The molecule has 2 heteroatoms. The molecule has 1 aliphatic rings. The fraction of sp³-hybridized carbons (Fsp3) is 0.562. The predicted octanol–water partition coefficient (Wildman–Crippen LogP) is 4.10. The molecule has 96 valence electrons. The lowest BCUT2D eigenvalue weighted by Gasteiger charge is -2.35. The monoisotopic (exact) mass is 242 g/mol. The Kier molecular flexibility index (Phi) is 3.91. The van der Waals surface area contributed by atoms with Crippen LogP contribution in [0.15, 0.2) is 18.2 Å². The van der Waals surface area contributed by atoms with Crippen LogP contribution in [-0.4, -0.2) is 6.04 Å². The molecule has 0 amide bonds. The van der Waals surface area contributed by atoms with Crippen LogP contribution in [0.5, 0.6) is 0 Å². The highest BCUT2D eigenvalue weighted by atomic mass is 14.9. The number of hydrogen-bond donors (Lipinski definition) is 1. The van der Waals surface area contributed by atoms with Crippen LogP contribution in [0.4, 0.5) is 5.69 Å². The molecular weight excluding hydrogens is 220 g/mol. The fourth-order valence-corrected chi connectivity index (χ4v) is 2.92. The molecule has 3 atom stereocenters. The third kappa shape index (κ3) is 2.51. The van der Waals surface area contributed by atoms with E-state index in [1.165, 1.54) is 19.3 Å². The molecule has 1 aromatic carbocycles. The molecule has 1 aromatic rings. The molecular formula is C16H22N2. The van der Waals surface area contributed by atoms with Crippen molar-refractivity contribution in [2.45, 2.75) is 46.1 Å². The molecule has 2 nitrogen and oxygen atoms in total. The lowest BCUT2D eigenvalue weighted by Crippen LogP contribution is -2.35. The molecule has 0 heterocycles. The van der Waals surface area contributed by atoms with Crippen LogP contribution in [0.1, 0.15) is 44.2 Å². The Balaban J connectivity index is 2.19. The summed E-state index contributed by atoms with van der Waals surface area (Å²) in [6.07, 6.45) is 3.83. The van der Waals surface area contributed by atoms with Crippen molar-refractivity contribution in [1.82, 2.24) is 0 Å². The summed E-state index contributed by atoms with van der Waals surface area (Å²) in [4.78, 5) is 0. The van der Waals surface area contributed by atoms with Crippen molar-refractivity contribution in [3.63, 3.8) is 0 Å². The number of hydrogen-bond acceptors (Lipinski definition) is 2. The van der Waals surface area contributed by atoms with Crippen molar-refractivity contribution in [3.8, 4) is 6.07 Å². The quantitative estimate of drug-likeness (QED) is 0.847. The van der Waals surface area contributed by atoms with E-state index in [2.05, 4.69) is 25.2 Å². The largest absolute Gasteiger partial charge is 0.381 e. The van der Waals surface area contributed by atoms with Crippen LogP contribution in [0.2, 0.25) is 0 Å². The summed E-state index contributed by atoms with van der Waals surface area (Å²) in [6.45, 7) is 6.65. The topological polar surface area (TPSA) is 35.8 Å². The molecule has 1 N–H and O–H groups in total. The van der Waals surface area contributed by atoms with E-state index in [0.29, 0.717) is 12.0 Å². The average Bonchev–Trinajstić information content (AvgIpc) is 2.35. The van der Waals surface area contributed by atoms with Gasteiger partial charge in [-0.2, -0.15) is 5.26 Å². The molecule has 0 aliphatic heterocycles. The van der Waals surface area contributed by atoms with E-state index in [0.717, 1.165) is 22.7 Å². The van der Waals surface area contributed by atoms with Gasteiger partial charge in [0.1, 0.15) is 6.07 Å². The van der Waals surface area contributed by atoms with Gasteiger partial charge in [0.25, 0.3) is 0 Å². The first kappa shape index (κ1) is 13.0. The number of aryl methyl sites for hydroxylation is 1. The minimum Gasteiger partial charge on any atom is -0.381 e. The highest BCUT2D eigenvalue weighted by Gasteiger charge is 2.27. The molecule has 18 heavy (non-hydrogen) atoms. The second-order valence-electron chi connectivity index (χ2n) is 5.63. The first-order chi connectivity index (χ1) is 8.63. The van der Waals surface area contributed by atoms with Gasteiger partial charge in [0.05, 0.1) is 11.3 Å². The van der Waals surface area contributed by atoms with Gasteiger partial charge >= 0.3 is 0 Å². The van der Waals surface area contributed by atoms with Gasteiger partial charge in [-0.05, 0) is 36.8 Å². The van der Waals surface area contributed by atoms with Crippen LogP contribution in [0.25, 0.3) is 0 Å². The normalized spacial score (nSPS) is 27.6. The minimum atomic E-state index is 0.502. The minimum absolute atomic E-state index is 0.502. The average molecular weight is 242 g/mol. The van der Waals surface area contributed by atoms with Crippen LogP contribution < -0.4 is 5.32 Å². The zero-order chi connectivity index (χ0) is 13.1. The molecule has 0 aromatic heterocycles. The predicted molar refractivity (Wildman–Crippen MR) is 75.5 cm³/mol. The van der Waals surface area contributed by atoms with Crippen LogP contribution in [0, 0.1) is 30.1 Å². The van der Waals surface area contributed by atoms with Gasteiger partial charge in [-0.15, -0.1) is 0 Å². The summed E-state index contributed by atoms with van der Waals surface area (Å²) in [7, 11) is 0. The molecule has 0 radical (unpaired) electrons. The van der Waals surface area contributed by atoms with Crippen LogP contribution >= 0.6 is 0 Å². The molecule has 1 saturated carbocycles. The van der Waals surface area contributed by atoms with Gasteiger partial charge in [0.15, 0.2) is 0 Å². The van der Waals surface area contributed by atoms with Crippen molar-refractivity contribution in [2.24, 2.45) is 11.8 Å². The van der Waals surface area contributed by atoms with Crippen LogP contribution in [0.3, 0.4) is 0 Å². The highest BCUT2D eigenvalue weighted by molar-refractivity contribution is 5.61. The number of nitrogens with one attached hydrogen (secondary N) is 1. The van der Waals surface area contributed by atoms with Crippen molar-refractivity contribution in [2.75, 3.05) is 5.32 Å². The first-order valence-corrected chi connectivity index (χ1v) is 6.89. The zero-order valence-corrected chi connectivity index (χ0v) is 11.5. The van der Waals surface area contributed by atoms with Crippen molar-refractivity contribution in [1.29, 1.82) is 5.26 Å². The van der Waals surface area contributed by atoms with Gasteiger partial charge in [-0.1, -0.05) is 38.8 Å². The number of anilines is 1. The Hall–Kier alpha value is -1.49. The van der Waals surface area contributed by atoms with Gasteiger partial charge in [0.2, 0.25) is 0 Å². The smallest absolute Gasteiger partial charge is 0.102 e. The molecule has 2 rings (SSSR count).